The fourth-order valence-corrected chi connectivity index (χ4v) is 5.88. The van der Waals surface area contributed by atoms with Gasteiger partial charge in [-0.1, -0.05) is 44.2 Å². The Kier molecular flexibility index (Phi) is 7.74. The van der Waals surface area contributed by atoms with E-state index < -0.39 is 47.6 Å². The second-order valence-corrected chi connectivity index (χ2v) is 12.3. The predicted molar refractivity (Wildman–Crippen MR) is 139 cm³/mol. The largest absolute Gasteiger partial charge is 0.444 e. The number of fused-ring (bicyclic) bond motifs is 1. The number of rotatable bonds is 8. The fourth-order valence-electron chi connectivity index (χ4n) is 5.88. The van der Waals surface area contributed by atoms with Gasteiger partial charge in [0.2, 0.25) is 11.8 Å². The molecule has 0 bridgehead atoms. The molecule has 10 nitrogen and oxygen atoms in total. The summed E-state index contributed by atoms with van der Waals surface area (Å²) in [5, 5.41) is 19.4. The standard InChI is InChI=1S/C28H40N4O6/c1-27(2,3)38-26(37)32-15-18-20(28(18,4)5)21(32)24(35)31-19(13-17-11-12-29-23(17)34)22(33)25(36)30-14-16-9-7-6-8-10-16/h6-10,17-22,33H,11-15H2,1-5H3,(H,29,34)(H,30,36)(H,31,35)/t17-,18-,19-,20-,21-,22?/m0/s1. The molecule has 2 saturated heterocycles. The summed E-state index contributed by atoms with van der Waals surface area (Å²) in [7, 11) is 0. The predicted octanol–water partition coefficient (Wildman–Crippen LogP) is 1.57. The van der Waals surface area contributed by atoms with E-state index in [9.17, 15) is 24.3 Å². The van der Waals surface area contributed by atoms with E-state index in [-0.39, 0.29) is 36.1 Å². The lowest BCUT2D eigenvalue weighted by Crippen LogP contribution is -2.57. The third kappa shape index (κ3) is 5.95. The number of benzene rings is 1. The van der Waals surface area contributed by atoms with Crippen molar-refractivity contribution < 1.29 is 29.0 Å². The van der Waals surface area contributed by atoms with Crippen LogP contribution in [0.15, 0.2) is 30.3 Å². The maximum Gasteiger partial charge on any atom is 0.410 e. The van der Waals surface area contributed by atoms with Gasteiger partial charge in [-0.3, -0.25) is 19.3 Å². The Labute approximate surface area is 223 Å². The Balaban J connectivity index is 1.50. The normalized spacial score (nSPS) is 27.1. The van der Waals surface area contributed by atoms with Crippen molar-refractivity contribution in [3.63, 3.8) is 0 Å². The van der Waals surface area contributed by atoms with Gasteiger partial charge < -0.3 is 25.8 Å². The number of piperidine rings is 1. The molecule has 1 unspecified atom stereocenters. The molecule has 10 heteroatoms. The molecular formula is C28H40N4O6. The Morgan fingerprint density at radius 2 is 1.89 bits per heavy atom. The smallest absolute Gasteiger partial charge is 0.410 e. The first-order chi connectivity index (χ1) is 17.8. The van der Waals surface area contributed by atoms with Gasteiger partial charge >= 0.3 is 6.09 Å². The molecule has 4 amide bonds. The summed E-state index contributed by atoms with van der Waals surface area (Å²) < 4.78 is 5.57. The van der Waals surface area contributed by atoms with Crippen LogP contribution in [-0.4, -0.2) is 70.7 Å². The number of likely N-dealkylation sites (tertiary alicyclic amines) is 1. The monoisotopic (exact) mass is 528 g/mol. The molecule has 4 N–H and O–H groups in total. The number of amides is 4. The average Bonchev–Trinajstić information content (AvgIpc) is 3.20. The van der Waals surface area contributed by atoms with Crippen LogP contribution in [0.2, 0.25) is 0 Å². The highest BCUT2D eigenvalue weighted by Gasteiger charge is 2.70. The number of nitrogens with zero attached hydrogens (tertiary/aromatic N) is 1. The van der Waals surface area contributed by atoms with Gasteiger partial charge in [0.15, 0.2) is 6.10 Å². The highest BCUT2D eigenvalue weighted by Crippen LogP contribution is 2.65. The molecule has 6 atom stereocenters. The summed E-state index contributed by atoms with van der Waals surface area (Å²) >= 11 is 0. The van der Waals surface area contributed by atoms with Crippen molar-refractivity contribution in [2.24, 2.45) is 23.2 Å². The van der Waals surface area contributed by atoms with E-state index in [0.717, 1.165) is 5.56 Å². The average molecular weight is 529 g/mol. The van der Waals surface area contributed by atoms with E-state index in [2.05, 4.69) is 29.8 Å². The van der Waals surface area contributed by atoms with Crippen LogP contribution >= 0.6 is 0 Å². The SMILES string of the molecule is CC(C)(C)OC(=O)N1C[C@H]2[C@@H]([C@H]1C(=O)N[C@@H](C[C@@H]1CCNC1=O)C(O)C(=O)NCc1ccccc1)C2(C)C. The van der Waals surface area contributed by atoms with E-state index in [0.29, 0.717) is 19.5 Å². The number of hydrogen-bond acceptors (Lipinski definition) is 6. The molecule has 0 radical (unpaired) electrons. The van der Waals surface area contributed by atoms with Crippen LogP contribution in [0.5, 0.6) is 0 Å². The van der Waals surface area contributed by atoms with E-state index in [4.69, 9.17) is 4.74 Å². The molecule has 0 spiro atoms. The van der Waals surface area contributed by atoms with Crippen LogP contribution in [0.4, 0.5) is 4.79 Å². The van der Waals surface area contributed by atoms with Crippen LogP contribution < -0.4 is 16.0 Å². The molecular weight excluding hydrogens is 488 g/mol. The Morgan fingerprint density at radius 1 is 1.21 bits per heavy atom. The zero-order valence-corrected chi connectivity index (χ0v) is 22.8. The second-order valence-electron chi connectivity index (χ2n) is 12.3. The molecule has 1 saturated carbocycles. The molecule has 1 aromatic carbocycles. The summed E-state index contributed by atoms with van der Waals surface area (Å²) in [6.45, 7) is 10.6. The van der Waals surface area contributed by atoms with E-state index >= 15 is 0 Å². The van der Waals surface area contributed by atoms with Crippen molar-refractivity contribution in [2.45, 2.75) is 77.8 Å². The first-order valence-electron chi connectivity index (χ1n) is 13.4. The van der Waals surface area contributed by atoms with Crippen LogP contribution in [0.1, 0.15) is 53.0 Å². The topological polar surface area (TPSA) is 137 Å². The second kappa shape index (κ2) is 10.6. The molecule has 1 aromatic rings. The van der Waals surface area contributed by atoms with Gasteiger partial charge in [-0.05, 0) is 56.4 Å². The number of aliphatic hydroxyl groups excluding tert-OH is 1. The van der Waals surface area contributed by atoms with E-state index in [1.165, 1.54) is 4.90 Å². The summed E-state index contributed by atoms with van der Waals surface area (Å²) in [6, 6.07) is 7.49. The molecule has 4 rings (SSSR count). The van der Waals surface area contributed by atoms with Crippen LogP contribution in [0.3, 0.4) is 0 Å². The number of ether oxygens (including phenoxy) is 1. The van der Waals surface area contributed by atoms with Gasteiger partial charge in [0.25, 0.3) is 5.91 Å². The van der Waals surface area contributed by atoms with Crippen molar-refractivity contribution >= 4 is 23.8 Å². The number of hydrogen-bond donors (Lipinski definition) is 4. The number of aliphatic hydroxyl groups is 1. The lowest BCUT2D eigenvalue weighted by Gasteiger charge is -2.33. The Bertz CT molecular complexity index is 1070. The van der Waals surface area contributed by atoms with Crippen molar-refractivity contribution in [1.82, 2.24) is 20.9 Å². The third-order valence-electron chi connectivity index (χ3n) is 8.09. The van der Waals surface area contributed by atoms with Crippen molar-refractivity contribution in [1.29, 1.82) is 0 Å². The molecule has 3 aliphatic rings. The van der Waals surface area contributed by atoms with E-state index in [1.807, 2.05) is 30.3 Å². The molecule has 1 aliphatic carbocycles. The number of carbonyl (C=O) groups excluding carboxylic acids is 4. The minimum atomic E-state index is -1.57. The molecule has 38 heavy (non-hydrogen) atoms. The molecule has 2 aliphatic heterocycles. The third-order valence-corrected chi connectivity index (χ3v) is 8.09. The van der Waals surface area contributed by atoms with Gasteiger partial charge in [-0.2, -0.15) is 0 Å². The molecule has 3 fully saturated rings. The highest BCUT2D eigenvalue weighted by atomic mass is 16.6. The number of carbonyl (C=O) groups is 4. The van der Waals surface area contributed by atoms with Crippen molar-refractivity contribution in [3.8, 4) is 0 Å². The fraction of sp³-hybridized carbons (Fsp3) is 0.643. The first-order valence-corrected chi connectivity index (χ1v) is 13.4. The summed E-state index contributed by atoms with van der Waals surface area (Å²) in [4.78, 5) is 53.4. The van der Waals surface area contributed by atoms with E-state index in [1.54, 1.807) is 20.8 Å². The quantitative estimate of drug-likeness (QED) is 0.404. The zero-order chi connectivity index (χ0) is 27.8. The van der Waals surface area contributed by atoms with Gasteiger partial charge in [0, 0.05) is 25.6 Å². The van der Waals surface area contributed by atoms with Crippen LogP contribution in [0.25, 0.3) is 0 Å². The van der Waals surface area contributed by atoms with Crippen LogP contribution in [0, 0.1) is 23.2 Å². The zero-order valence-electron chi connectivity index (χ0n) is 22.8. The highest BCUT2D eigenvalue weighted by molar-refractivity contribution is 5.89. The van der Waals surface area contributed by atoms with Gasteiger partial charge in [-0.15, -0.1) is 0 Å². The summed E-state index contributed by atoms with van der Waals surface area (Å²) in [6.07, 6.45) is -1.48. The summed E-state index contributed by atoms with van der Waals surface area (Å²) in [5.74, 6) is -1.60. The number of nitrogens with one attached hydrogen (secondary N) is 3. The van der Waals surface area contributed by atoms with Crippen molar-refractivity contribution in [3.05, 3.63) is 35.9 Å². The molecule has 2 heterocycles. The molecule has 208 valence electrons. The molecule has 0 aromatic heterocycles. The lowest BCUT2D eigenvalue weighted by atomic mass is 9.93. The Morgan fingerprint density at radius 3 is 2.50 bits per heavy atom. The maximum atomic E-state index is 13.7. The van der Waals surface area contributed by atoms with Gasteiger partial charge in [0.1, 0.15) is 11.6 Å². The first kappa shape index (κ1) is 27.9. The maximum absolute atomic E-state index is 13.7. The minimum absolute atomic E-state index is 0.0607. The van der Waals surface area contributed by atoms with Crippen LogP contribution in [-0.2, 0) is 25.7 Å². The summed E-state index contributed by atoms with van der Waals surface area (Å²) in [5.41, 5.74) is 0.0310. The van der Waals surface area contributed by atoms with Gasteiger partial charge in [-0.25, -0.2) is 4.79 Å². The van der Waals surface area contributed by atoms with Crippen molar-refractivity contribution in [2.75, 3.05) is 13.1 Å². The van der Waals surface area contributed by atoms with Gasteiger partial charge in [0.05, 0.1) is 6.04 Å². The Hall–Kier alpha value is -3.14. The lowest BCUT2D eigenvalue weighted by molar-refractivity contribution is -0.135. The minimum Gasteiger partial charge on any atom is -0.444 e.